The Hall–Kier alpha value is -1.06. The van der Waals surface area contributed by atoms with Crippen LogP contribution in [0.5, 0.6) is 0 Å². The van der Waals surface area contributed by atoms with Crippen LogP contribution in [0.2, 0.25) is 0 Å². The molecule has 1 aliphatic heterocycles. The minimum absolute atomic E-state index is 0.0168. The molecule has 18 heavy (non-hydrogen) atoms. The highest BCUT2D eigenvalue weighted by Gasteiger charge is 2.38. The van der Waals surface area contributed by atoms with Crippen LogP contribution >= 0.6 is 0 Å². The molecule has 0 spiro atoms. The molecule has 1 heterocycles. The van der Waals surface area contributed by atoms with E-state index in [2.05, 4.69) is 26.1 Å². The molecule has 0 aromatic rings. The molecule has 0 saturated carbocycles. The van der Waals surface area contributed by atoms with Gasteiger partial charge in [0.1, 0.15) is 6.04 Å². The highest BCUT2D eigenvalue weighted by molar-refractivity contribution is 5.90. The molecule has 1 unspecified atom stereocenters. The van der Waals surface area contributed by atoms with Crippen molar-refractivity contribution in [3.05, 3.63) is 0 Å². The van der Waals surface area contributed by atoms with Crippen LogP contribution in [0.1, 0.15) is 53.9 Å². The highest BCUT2D eigenvalue weighted by atomic mass is 16.2. The van der Waals surface area contributed by atoms with Gasteiger partial charge >= 0.3 is 0 Å². The maximum atomic E-state index is 12.6. The lowest BCUT2D eigenvalue weighted by Gasteiger charge is -2.39. The van der Waals surface area contributed by atoms with Gasteiger partial charge in [0.05, 0.1) is 0 Å². The van der Waals surface area contributed by atoms with Crippen molar-refractivity contribution < 1.29 is 9.59 Å². The standard InChI is InChI=1S/C14H26N2O2/c1-6-8-14(4,5)16-9-7-11(17)15-12(10(2)3)13(16)18/h10,12H,6-9H2,1-5H3,(H,15,17). The van der Waals surface area contributed by atoms with Gasteiger partial charge in [0.2, 0.25) is 11.8 Å². The van der Waals surface area contributed by atoms with E-state index >= 15 is 0 Å². The van der Waals surface area contributed by atoms with Crippen molar-refractivity contribution in [1.29, 1.82) is 0 Å². The van der Waals surface area contributed by atoms with E-state index in [0.29, 0.717) is 13.0 Å². The first-order valence-corrected chi connectivity index (χ1v) is 6.90. The lowest BCUT2D eigenvalue weighted by atomic mass is 9.94. The normalized spacial score (nSPS) is 22.1. The molecule has 0 aliphatic carbocycles. The van der Waals surface area contributed by atoms with Crippen LogP contribution in [0, 0.1) is 5.92 Å². The fourth-order valence-electron chi connectivity index (χ4n) is 2.60. The van der Waals surface area contributed by atoms with Crippen LogP contribution in [0.3, 0.4) is 0 Å². The van der Waals surface area contributed by atoms with Crippen molar-refractivity contribution in [3.8, 4) is 0 Å². The fraction of sp³-hybridized carbons (Fsp3) is 0.857. The van der Waals surface area contributed by atoms with Crippen LogP contribution in [0.25, 0.3) is 0 Å². The van der Waals surface area contributed by atoms with E-state index in [1.54, 1.807) is 0 Å². The second-order valence-corrected chi connectivity index (χ2v) is 6.09. The zero-order valence-corrected chi connectivity index (χ0v) is 12.2. The number of amides is 2. The van der Waals surface area contributed by atoms with E-state index in [1.807, 2.05) is 18.7 Å². The van der Waals surface area contributed by atoms with Gasteiger partial charge in [-0.1, -0.05) is 27.2 Å². The molecule has 0 aromatic carbocycles. The van der Waals surface area contributed by atoms with E-state index in [0.717, 1.165) is 12.8 Å². The Bertz CT molecular complexity index is 324. The third-order valence-electron chi connectivity index (χ3n) is 3.67. The van der Waals surface area contributed by atoms with E-state index < -0.39 is 0 Å². The average Bonchev–Trinajstić information content (AvgIpc) is 2.38. The molecule has 4 heteroatoms. The molecule has 4 nitrogen and oxygen atoms in total. The SMILES string of the molecule is CCCC(C)(C)N1CCC(=O)NC(C(C)C)C1=O. The summed E-state index contributed by atoms with van der Waals surface area (Å²) in [5.74, 6) is 0.172. The molecule has 104 valence electrons. The quantitative estimate of drug-likeness (QED) is 0.833. The summed E-state index contributed by atoms with van der Waals surface area (Å²) in [6.45, 7) is 10.8. The van der Waals surface area contributed by atoms with Crippen molar-refractivity contribution in [2.75, 3.05) is 6.54 Å². The Balaban J connectivity index is 2.97. The minimum Gasteiger partial charge on any atom is -0.344 e. The molecule has 1 N–H and O–H groups in total. The van der Waals surface area contributed by atoms with Crippen LogP contribution in [0.15, 0.2) is 0 Å². The highest BCUT2D eigenvalue weighted by Crippen LogP contribution is 2.24. The first kappa shape index (κ1) is 15.0. The van der Waals surface area contributed by atoms with Gasteiger partial charge in [-0.25, -0.2) is 0 Å². The van der Waals surface area contributed by atoms with Gasteiger partial charge in [-0.3, -0.25) is 9.59 Å². The third-order valence-corrected chi connectivity index (χ3v) is 3.67. The summed E-state index contributed by atoms with van der Waals surface area (Å²) in [5, 5.41) is 2.84. The van der Waals surface area contributed by atoms with Crippen molar-refractivity contribution in [2.45, 2.75) is 65.5 Å². The van der Waals surface area contributed by atoms with Crippen LogP contribution < -0.4 is 5.32 Å². The maximum absolute atomic E-state index is 12.6. The fourth-order valence-corrected chi connectivity index (χ4v) is 2.60. The molecular weight excluding hydrogens is 228 g/mol. The number of rotatable bonds is 4. The predicted molar refractivity (Wildman–Crippen MR) is 72.1 cm³/mol. The van der Waals surface area contributed by atoms with Gasteiger partial charge in [-0.2, -0.15) is 0 Å². The van der Waals surface area contributed by atoms with Crippen molar-refractivity contribution in [1.82, 2.24) is 10.2 Å². The molecule has 0 aromatic heterocycles. The van der Waals surface area contributed by atoms with Gasteiger partial charge in [0.25, 0.3) is 0 Å². The number of nitrogens with one attached hydrogen (secondary N) is 1. The van der Waals surface area contributed by atoms with Crippen LogP contribution in [-0.4, -0.2) is 34.8 Å². The Kier molecular flexibility index (Phi) is 4.77. The van der Waals surface area contributed by atoms with Crippen molar-refractivity contribution in [2.24, 2.45) is 5.92 Å². The van der Waals surface area contributed by atoms with Gasteiger partial charge in [0, 0.05) is 18.5 Å². The molecule has 1 aliphatic rings. The summed E-state index contributed by atoms with van der Waals surface area (Å²) in [7, 11) is 0. The summed E-state index contributed by atoms with van der Waals surface area (Å²) < 4.78 is 0. The molecule has 2 amide bonds. The molecule has 1 fully saturated rings. The minimum atomic E-state index is -0.379. The maximum Gasteiger partial charge on any atom is 0.245 e. The Morgan fingerprint density at radius 1 is 1.39 bits per heavy atom. The number of hydrogen-bond donors (Lipinski definition) is 1. The van der Waals surface area contributed by atoms with Gasteiger partial charge in [-0.05, 0) is 26.2 Å². The number of hydrogen-bond acceptors (Lipinski definition) is 2. The molecule has 0 bridgehead atoms. The first-order chi connectivity index (χ1) is 8.29. The topological polar surface area (TPSA) is 49.4 Å². The van der Waals surface area contributed by atoms with Gasteiger partial charge in [-0.15, -0.1) is 0 Å². The summed E-state index contributed by atoms with van der Waals surface area (Å²) in [5.41, 5.74) is -0.175. The summed E-state index contributed by atoms with van der Waals surface area (Å²) in [6.07, 6.45) is 2.39. The molecular formula is C14H26N2O2. The largest absolute Gasteiger partial charge is 0.344 e. The van der Waals surface area contributed by atoms with Crippen LogP contribution in [0.4, 0.5) is 0 Å². The van der Waals surface area contributed by atoms with Gasteiger partial charge in [0.15, 0.2) is 0 Å². The van der Waals surface area contributed by atoms with E-state index in [4.69, 9.17) is 0 Å². The smallest absolute Gasteiger partial charge is 0.245 e. The zero-order chi connectivity index (χ0) is 13.9. The first-order valence-electron chi connectivity index (χ1n) is 6.90. The average molecular weight is 254 g/mol. The summed E-state index contributed by atoms with van der Waals surface area (Å²) >= 11 is 0. The Morgan fingerprint density at radius 2 is 2.00 bits per heavy atom. The molecule has 1 saturated heterocycles. The number of nitrogens with zero attached hydrogens (tertiary/aromatic N) is 1. The predicted octanol–water partition coefficient (Wildman–Crippen LogP) is 1.94. The second kappa shape index (κ2) is 5.72. The molecule has 1 rings (SSSR count). The van der Waals surface area contributed by atoms with E-state index in [1.165, 1.54) is 0 Å². The lowest BCUT2D eigenvalue weighted by molar-refractivity contribution is -0.139. The van der Waals surface area contributed by atoms with Crippen molar-refractivity contribution >= 4 is 11.8 Å². The Morgan fingerprint density at radius 3 is 2.50 bits per heavy atom. The third kappa shape index (κ3) is 3.24. The number of carbonyl (C=O) groups excluding carboxylic acids is 2. The van der Waals surface area contributed by atoms with E-state index in [-0.39, 0.29) is 29.3 Å². The van der Waals surface area contributed by atoms with E-state index in [9.17, 15) is 9.59 Å². The van der Waals surface area contributed by atoms with Gasteiger partial charge < -0.3 is 10.2 Å². The van der Waals surface area contributed by atoms with Crippen LogP contribution in [-0.2, 0) is 9.59 Å². The van der Waals surface area contributed by atoms with Crippen molar-refractivity contribution in [3.63, 3.8) is 0 Å². The second-order valence-electron chi connectivity index (χ2n) is 6.09. The number of carbonyl (C=O) groups is 2. The zero-order valence-electron chi connectivity index (χ0n) is 12.2. The summed E-state index contributed by atoms with van der Waals surface area (Å²) in [4.78, 5) is 26.1. The Labute approximate surface area is 110 Å². The molecule has 0 radical (unpaired) electrons. The monoisotopic (exact) mass is 254 g/mol. The molecule has 1 atom stereocenters. The lowest BCUT2D eigenvalue weighted by Crippen LogP contribution is -2.54. The summed E-state index contributed by atoms with van der Waals surface area (Å²) in [6, 6.07) is -0.379.